The molecule has 1 aliphatic rings. The van der Waals surface area contributed by atoms with Crippen LogP contribution in [0.2, 0.25) is 0 Å². The van der Waals surface area contributed by atoms with Gasteiger partial charge < -0.3 is 14.4 Å². The van der Waals surface area contributed by atoms with Crippen LogP contribution in [0.4, 0.5) is 0 Å². The SMILES string of the molecule is COc1cc(OC)cc(C2SCCN2C(=O)C(c2ccccc2)c2ccccc2)c1. The third-order valence-corrected chi connectivity index (χ3v) is 6.61. The lowest BCUT2D eigenvalue weighted by molar-refractivity contribution is -0.132. The van der Waals surface area contributed by atoms with Crippen molar-refractivity contribution in [2.45, 2.75) is 11.3 Å². The van der Waals surface area contributed by atoms with Gasteiger partial charge in [0, 0.05) is 18.4 Å². The first kappa shape index (κ1) is 20.4. The van der Waals surface area contributed by atoms with Crippen LogP contribution in [0, 0.1) is 0 Å². The molecule has 1 heterocycles. The zero-order chi connectivity index (χ0) is 20.9. The van der Waals surface area contributed by atoms with Gasteiger partial charge in [-0.2, -0.15) is 0 Å². The maximum atomic E-state index is 13.9. The minimum atomic E-state index is -0.332. The summed E-state index contributed by atoms with van der Waals surface area (Å²) < 4.78 is 10.9. The molecule has 3 aromatic rings. The first-order chi connectivity index (χ1) is 14.7. The Bertz CT molecular complexity index is 932. The monoisotopic (exact) mass is 419 g/mol. The first-order valence-electron chi connectivity index (χ1n) is 9.96. The summed E-state index contributed by atoms with van der Waals surface area (Å²) in [5, 5.41) is -0.0728. The van der Waals surface area contributed by atoms with Crippen LogP contribution in [0.5, 0.6) is 11.5 Å². The number of amides is 1. The van der Waals surface area contributed by atoms with E-state index in [2.05, 4.69) is 0 Å². The van der Waals surface area contributed by atoms with Crippen LogP contribution < -0.4 is 9.47 Å². The van der Waals surface area contributed by atoms with Crippen LogP contribution in [-0.4, -0.2) is 37.3 Å². The van der Waals surface area contributed by atoms with Crippen molar-refractivity contribution >= 4 is 17.7 Å². The fraction of sp³-hybridized carbons (Fsp3) is 0.240. The molecule has 3 aromatic carbocycles. The van der Waals surface area contributed by atoms with Gasteiger partial charge in [0.2, 0.25) is 5.91 Å². The molecule has 4 rings (SSSR count). The van der Waals surface area contributed by atoms with Crippen LogP contribution in [0.1, 0.15) is 28.0 Å². The summed E-state index contributed by atoms with van der Waals surface area (Å²) in [5.74, 6) is 2.14. The average molecular weight is 420 g/mol. The van der Waals surface area contributed by atoms with E-state index in [1.54, 1.807) is 26.0 Å². The number of rotatable bonds is 6. The van der Waals surface area contributed by atoms with E-state index >= 15 is 0 Å². The van der Waals surface area contributed by atoms with E-state index in [4.69, 9.17) is 9.47 Å². The molecule has 1 fully saturated rings. The van der Waals surface area contributed by atoms with Gasteiger partial charge in [-0.1, -0.05) is 60.7 Å². The molecular weight excluding hydrogens is 394 g/mol. The van der Waals surface area contributed by atoms with E-state index in [9.17, 15) is 4.79 Å². The Hall–Kier alpha value is -2.92. The van der Waals surface area contributed by atoms with E-state index in [-0.39, 0.29) is 17.2 Å². The van der Waals surface area contributed by atoms with E-state index in [0.717, 1.165) is 33.9 Å². The highest BCUT2D eigenvalue weighted by molar-refractivity contribution is 7.99. The van der Waals surface area contributed by atoms with Crippen molar-refractivity contribution in [2.75, 3.05) is 26.5 Å². The van der Waals surface area contributed by atoms with Crippen molar-refractivity contribution in [1.82, 2.24) is 4.90 Å². The number of carbonyl (C=O) groups excluding carboxylic acids is 1. The largest absolute Gasteiger partial charge is 0.497 e. The van der Waals surface area contributed by atoms with Gasteiger partial charge in [-0.25, -0.2) is 0 Å². The zero-order valence-corrected chi connectivity index (χ0v) is 18.0. The first-order valence-corrected chi connectivity index (χ1v) is 11.0. The topological polar surface area (TPSA) is 38.8 Å². The Morgan fingerprint density at radius 1 is 0.900 bits per heavy atom. The highest BCUT2D eigenvalue weighted by Gasteiger charge is 2.36. The molecule has 0 bridgehead atoms. The number of hydrogen-bond donors (Lipinski definition) is 0. The number of ether oxygens (including phenoxy) is 2. The molecule has 0 radical (unpaired) electrons. The van der Waals surface area contributed by atoms with Crippen molar-refractivity contribution in [3.8, 4) is 11.5 Å². The summed E-state index contributed by atoms with van der Waals surface area (Å²) in [6.07, 6.45) is 0. The summed E-state index contributed by atoms with van der Waals surface area (Å²) in [7, 11) is 3.29. The van der Waals surface area contributed by atoms with E-state index in [1.807, 2.05) is 83.8 Å². The standard InChI is InChI=1S/C25H25NO3S/c1-28-21-15-20(16-22(17-21)29-2)25-26(13-14-30-25)24(27)23(18-9-5-3-6-10-18)19-11-7-4-8-12-19/h3-12,15-17,23,25H,13-14H2,1-2H3. The Morgan fingerprint density at radius 3 is 1.93 bits per heavy atom. The Labute approximate surface area is 181 Å². The van der Waals surface area contributed by atoms with Gasteiger partial charge >= 0.3 is 0 Å². The minimum Gasteiger partial charge on any atom is -0.497 e. The van der Waals surface area contributed by atoms with Crippen LogP contribution in [0.25, 0.3) is 0 Å². The summed E-state index contributed by atoms with van der Waals surface area (Å²) in [6.45, 7) is 0.712. The fourth-order valence-corrected chi connectivity index (χ4v) is 5.12. The molecule has 1 saturated heterocycles. The van der Waals surface area contributed by atoms with E-state index < -0.39 is 0 Å². The van der Waals surface area contributed by atoms with Crippen molar-refractivity contribution in [1.29, 1.82) is 0 Å². The van der Waals surface area contributed by atoms with E-state index in [1.165, 1.54) is 0 Å². The van der Waals surface area contributed by atoms with Crippen LogP contribution in [0.15, 0.2) is 78.9 Å². The van der Waals surface area contributed by atoms with Gasteiger partial charge in [-0.3, -0.25) is 4.79 Å². The van der Waals surface area contributed by atoms with Crippen molar-refractivity contribution in [2.24, 2.45) is 0 Å². The molecule has 0 aliphatic carbocycles. The third kappa shape index (κ3) is 4.17. The second kappa shape index (κ2) is 9.26. The molecule has 0 N–H and O–H groups in total. The van der Waals surface area contributed by atoms with Gasteiger partial charge in [-0.15, -0.1) is 11.8 Å². The lowest BCUT2D eigenvalue weighted by atomic mass is 9.90. The van der Waals surface area contributed by atoms with Gasteiger partial charge in [0.05, 0.1) is 20.1 Å². The molecule has 0 saturated carbocycles. The van der Waals surface area contributed by atoms with Gasteiger partial charge in [0.15, 0.2) is 0 Å². The summed E-state index contributed by atoms with van der Waals surface area (Å²) in [6, 6.07) is 25.9. The Morgan fingerprint density at radius 2 is 1.43 bits per heavy atom. The Kier molecular flexibility index (Phi) is 6.29. The predicted octanol–water partition coefficient (Wildman–Crippen LogP) is 5.11. The van der Waals surface area contributed by atoms with Gasteiger partial charge in [0.1, 0.15) is 16.9 Å². The number of thioether (sulfide) groups is 1. The van der Waals surface area contributed by atoms with Crippen LogP contribution >= 0.6 is 11.8 Å². The lowest BCUT2D eigenvalue weighted by Gasteiger charge is -2.29. The van der Waals surface area contributed by atoms with Gasteiger partial charge in [0.25, 0.3) is 0 Å². The molecule has 1 amide bonds. The molecule has 0 spiro atoms. The molecule has 30 heavy (non-hydrogen) atoms. The van der Waals surface area contributed by atoms with Crippen molar-refractivity contribution < 1.29 is 14.3 Å². The second-order valence-corrected chi connectivity index (χ2v) is 8.34. The molecule has 1 atom stereocenters. The zero-order valence-electron chi connectivity index (χ0n) is 17.2. The normalized spacial score (nSPS) is 16.0. The smallest absolute Gasteiger partial charge is 0.235 e. The lowest BCUT2D eigenvalue weighted by Crippen LogP contribution is -2.35. The predicted molar refractivity (Wildman–Crippen MR) is 121 cm³/mol. The second-order valence-electron chi connectivity index (χ2n) is 7.16. The summed E-state index contributed by atoms with van der Waals surface area (Å²) in [4.78, 5) is 15.9. The number of hydrogen-bond acceptors (Lipinski definition) is 4. The molecule has 1 unspecified atom stereocenters. The molecule has 5 heteroatoms. The fourth-order valence-electron chi connectivity index (χ4n) is 3.88. The van der Waals surface area contributed by atoms with Gasteiger partial charge in [-0.05, 0) is 28.8 Å². The number of nitrogens with zero attached hydrogens (tertiary/aromatic N) is 1. The average Bonchev–Trinajstić information content (AvgIpc) is 3.30. The number of benzene rings is 3. The molecule has 1 aliphatic heterocycles. The highest BCUT2D eigenvalue weighted by Crippen LogP contribution is 2.43. The highest BCUT2D eigenvalue weighted by atomic mass is 32.2. The summed E-state index contributed by atoms with van der Waals surface area (Å²) >= 11 is 1.77. The Balaban J connectivity index is 1.71. The molecule has 154 valence electrons. The number of methoxy groups -OCH3 is 2. The number of carbonyl (C=O) groups is 1. The van der Waals surface area contributed by atoms with Crippen molar-refractivity contribution in [3.63, 3.8) is 0 Å². The maximum Gasteiger partial charge on any atom is 0.235 e. The maximum absolute atomic E-state index is 13.9. The molecule has 4 nitrogen and oxygen atoms in total. The minimum absolute atomic E-state index is 0.0728. The summed E-state index contributed by atoms with van der Waals surface area (Å²) in [5.41, 5.74) is 3.03. The quantitative estimate of drug-likeness (QED) is 0.557. The third-order valence-electron chi connectivity index (χ3n) is 5.35. The molecular formula is C25H25NO3S. The van der Waals surface area contributed by atoms with Crippen LogP contribution in [-0.2, 0) is 4.79 Å². The van der Waals surface area contributed by atoms with E-state index in [0.29, 0.717) is 6.54 Å². The molecule has 0 aromatic heterocycles. The van der Waals surface area contributed by atoms with Crippen molar-refractivity contribution in [3.05, 3.63) is 95.6 Å². The van der Waals surface area contributed by atoms with Crippen LogP contribution in [0.3, 0.4) is 0 Å².